The molecule has 31 heavy (non-hydrogen) atoms. The molecule has 1 aliphatic heterocycles. The molecule has 0 saturated carbocycles. The van der Waals surface area contributed by atoms with Gasteiger partial charge in [0.2, 0.25) is 0 Å². The SMILES string of the molecule is Cc1ccc(NC(=O)N2CCN(c3nc4cc(F)ccc4n4cccc34)CC2)cc1C. The number of nitrogens with zero attached hydrogens (tertiary/aromatic N) is 4. The van der Waals surface area contributed by atoms with Crippen molar-refractivity contribution >= 4 is 34.1 Å². The number of benzene rings is 2. The lowest BCUT2D eigenvalue weighted by Gasteiger charge is -2.35. The summed E-state index contributed by atoms with van der Waals surface area (Å²) < 4.78 is 15.8. The van der Waals surface area contributed by atoms with E-state index < -0.39 is 0 Å². The maximum absolute atomic E-state index is 13.8. The number of anilines is 2. The number of fused-ring (bicyclic) bond motifs is 3. The minimum atomic E-state index is -0.301. The molecule has 6 nitrogen and oxygen atoms in total. The van der Waals surface area contributed by atoms with Crippen LogP contribution in [0.15, 0.2) is 54.7 Å². The largest absolute Gasteiger partial charge is 0.351 e. The van der Waals surface area contributed by atoms with E-state index in [1.807, 2.05) is 52.8 Å². The molecule has 1 aliphatic rings. The number of aromatic nitrogens is 2. The van der Waals surface area contributed by atoms with Crippen molar-refractivity contribution in [2.24, 2.45) is 0 Å². The van der Waals surface area contributed by atoms with Gasteiger partial charge in [-0.05, 0) is 61.4 Å². The Labute approximate surface area is 179 Å². The van der Waals surface area contributed by atoms with E-state index in [9.17, 15) is 9.18 Å². The summed E-state index contributed by atoms with van der Waals surface area (Å²) in [7, 11) is 0. The molecule has 0 radical (unpaired) electrons. The number of aryl methyl sites for hydroxylation is 2. The van der Waals surface area contributed by atoms with E-state index in [2.05, 4.69) is 17.1 Å². The van der Waals surface area contributed by atoms with Crippen LogP contribution in [0.5, 0.6) is 0 Å². The average Bonchev–Trinajstić information content (AvgIpc) is 3.26. The van der Waals surface area contributed by atoms with E-state index in [-0.39, 0.29) is 11.8 Å². The summed E-state index contributed by atoms with van der Waals surface area (Å²) in [6, 6.07) is 14.5. The fourth-order valence-electron chi connectivity index (χ4n) is 4.11. The van der Waals surface area contributed by atoms with E-state index in [0.717, 1.165) is 28.1 Å². The average molecular weight is 417 g/mol. The molecule has 1 fully saturated rings. The Balaban J connectivity index is 1.34. The van der Waals surface area contributed by atoms with Crippen molar-refractivity contribution in [3.63, 3.8) is 0 Å². The van der Waals surface area contributed by atoms with Crippen molar-refractivity contribution in [1.29, 1.82) is 0 Å². The molecule has 158 valence electrons. The van der Waals surface area contributed by atoms with Gasteiger partial charge in [0, 0.05) is 44.1 Å². The summed E-state index contributed by atoms with van der Waals surface area (Å²) in [6.45, 7) is 6.59. The van der Waals surface area contributed by atoms with Gasteiger partial charge in [-0.25, -0.2) is 14.2 Å². The molecule has 3 heterocycles. The number of halogens is 1. The third kappa shape index (κ3) is 3.56. The molecule has 5 rings (SSSR count). The highest BCUT2D eigenvalue weighted by Crippen LogP contribution is 2.27. The molecule has 0 bridgehead atoms. The number of urea groups is 1. The fourth-order valence-corrected chi connectivity index (χ4v) is 4.11. The van der Waals surface area contributed by atoms with Crippen LogP contribution >= 0.6 is 0 Å². The van der Waals surface area contributed by atoms with Crippen molar-refractivity contribution in [1.82, 2.24) is 14.3 Å². The number of hydrogen-bond donors (Lipinski definition) is 1. The van der Waals surface area contributed by atoms with Gasteiger partial charge >= 0.3 is 6.03 Å². The predicted octanol–water partition coefficient (Wildman–Crippen LogP) is 4.60. The smallest absolute Gasteiger partial charge is 0.321 e. The summed E-state index contributed by atoms with van der Waals surface area (Å²) in [5, 5.41) is 3.00. The highest BCUT2D eigenvalue weighted by molar-refractivity contribution is 5.90. The van der Waals surface area contributed by atoms with Gasteiger partial charge in [0.05, 0.1) is 16.6 Å². The normalized spacial score (nSPS) is 14.4. The summed E-state index contributed by atoms with van der Waals surface area (Å²) in [5.74, 6) is 0.516. The molecule has 2 aromatic carbocycles. The molecule has 2 amide bonds. The number of rotatable bonds is 2. The Morgan fingerprint density at radius 3 is 2.55 bits per heavy atom. The van der Waals surface area contributed by atoms with Gasteiger partial charge in [-0.1, -0.05) is 6.07 Å². The summed E-state index contributed by atoms with van der Waals surface area (Å²) in [6.07, 6.45) is 1.97. The fraction of sp³-hybridized carbons (Fsp3) is 0.250. The van der Waals surface area contributed by atoms with Crippen LogP contribution < -0.4 is 10.2 Å². The van der Waals surface area contributed by atoms with Crippen LogP contribution in [0.3, 0.4) is 0 Å². The topological polar surface area (TPSA) is 52.9 Å². The van der Waals surface area contributed by atoms with E-state index in [0.29, 0.717) is 31.7 Å². The third-order valence-electron chi connectivity index (χ3n) is 6.03. The third-order valence-corrected chi connectivity index (χ3v) is 6.03. The molecule has 1 N–H and O–H groups in total. The first kappa shape index (κ1) is 19.4. The van der Waals surface area contributed by atoms with Crippen molar-refractivity contribution < 1.29 is 9.18 Å². The van der Waals surface area contributed by atoms with Gasteiger partial charge in [-0.3, -0.25) is 0 Å². The quantitative estimate of drug-likeness (QED) is 0.519. The van der Waals surface area contributed by atoms with Crippen LogP contribution in [0.1, 0.15) is 11.1 Å². The van der Waals surface area contributed by atoms with Gasteiger partial charge < -0.3 is 19.5 Å². The minimum absolute atomic E-state index is 0.0933. The molecular weight excluding hydrogens is 393 g/mol. The Morgan fingerprint density at radius 1 is 0.968 bits per heavy atom. The minimum Gasteiger partial charge on any atom is -0.351 e. The van der Waals surface area contributed by atoms with Gasteiger partial charge in [0.15, 0.2) is 5.82 Å². The second-order valence-electron chi connectivity index (χ2n) is 8.04. The number of amides is 2. The monoisotopic (exact) mass is 417 g/mol. The maximum Gasteiger partial charge on any atom is 0.321 e. The van der Waals surface area contributed by atoms with Crippen molar-refractivity contribution in [2.75, 3.05) is 36.4 Å². The summed E-state index contributed by atoms with van der Waals surface area (Å²) in [5.41, 5.74) is 5.63. The van der Waals surface area contributed by atoms with Gasteiger partial charge in [0.25, 0.3) is 0 Å². The summed E-state index contributed by atoms with van der Waals surface area (Å²) >= 11 is 0. The van der Waals surface area contributed by atoms with Crippen molar-refractivity contribution in [2.45, 2.75) is 13.8 Å². The Morgan fingerprint density at radius 2 is 1.77 bits per heavy atom. The Bertz CT molecular complexity index is 1290. The van der Waals surface area contributed by atoms with Crippen LogP contribution in [0, 0.1) is 19.7 Å². The lowest BCUT2D eigenvalue weighted by molar-refractivity contribution is 0.208. The van der Waals surface area contributed by atoms with E-state index >= 15 is 0 Å². The zero-order valence-corrected chi connectivity index (χ0v) is 17.6. The first-order valence-electron chi connectivity index (χ1n) is 10.4. The number of piperazine rings is 1. The lowest BCUT2D eigenvalue weighted by Crippen LogP contribution is -2.50. The second-order valence-corrected chi connectivity index (χ2v) is 8.04. The Kier molecular flexibility index (Phi) is 4.73. The van der Waals surface area contributed by atoms with Crippen LogP contribution in [0.2, 0.25) is 0 Å². The van der Waals surface area contributed by atoms with Crippen molar-refractivity contribution in [3.8, 4) is 0 Å². The number of hydrogen-bond acceptors (Lipinski definition) is 3. The molecule has 0 spiro atoms. The lowest BCUT2D eigenvalue weighted by atomic mass is 10.1. The maximum atomic E-state index is 13.8. The molecule has 7 heteroatoms. The Hall–Kier alpha value is -3.61. The van der Waals surface area contributed by atoms with Gasteiger partial charge in [-0.15, -0.1) is 0 Å². The molecule has 0 aliphatic carbocycles. The molecule has 0 unspecified atom stereocenters. The van der Waals surface area contributed by atoms with Crippen LogP contribution in [0.4, 0.5) is 20.7 Å². The first-order chi connectivity index (χ1) is 15.0. The molecular formula is C24H24FN5O. The number of carbonyl (C=O) groups excluding carboxylic acids is 1. The van der Waals surface area contributed by atoms with Crippen LogP contribution in [-0.4, -0.2) is 46.5 Å². The highest BCUT2D eigenvalue weighted by Gasteiger charge is 2.24. The first-order valence-corrected chi connectivity index (χ1v) is 10.4. The van der Waals surface area contributed by atoms with E-state index in [4.69, 9.17) is 4.98 Å². The molecule has 1 saturated heterocycles. The summed E-state index contributed by atoms with van der Waals surface area (Å²) in [4.78, 5) is 21.5. The standard InChI is InChI=1S/C24H24FN5O/c1-16-5-7-19(14-17(16)2)26-24(31)29-12-10-28(11-13-29)23-22-4-3-9-30(22)21-8-6-18(25)15-20(21)27-23/h3-9,14-15H,10-13H2,1-2H3,(H,26,31). The van der Waals surface area contributed by atoms with Crippen LogP contribution in [0.25, 0.3) is 16.6 Å². The zero-order valence-electron chi connectivity index (χ0n) is 17.6. The van der Waals surface area contributed by atoms with Gasteiger partial charge in [0.1, 0.15) is 5.82 Å². The zero-order chi connectivity index (χ0) is 21.5. The van der Waals surface area contributed by atoms with Crippen LogP contribution in [-0.2, 0) is 0 Å². The molecule has 4 aromatic rings. The molecule has 0 atom stereocenters. The highest BCUT2D eigenvalue weighted by atomic mass is 19.1. The van der Waals surface area contributed by atoms with Crippen molar-refractivity contribution in [3.05, 3.63) is 71.7 Å². The molecule has 2 aromatic heterocycles. The predicted molar refractivity (Wildman–Crippen MR) is 121 cm³/mol. The van der Waals surface area contributed by atoms with E-state index in [1.54, 1.807) is 6.07 Å². The second kappa shape index (κ2) is 7.58. The number of nitrogens with one attached hydrogen (secondary N) is 1. The van der Waals surface area contributed by atoms with E-state index in [1.165, 1.54) is 17.7 Å². The van der Waals surface area contributed by atoms with Gasteiger partial charge in [-0.2, -0.15) is 0 Å². The number of carbonyl (C=O) groups is 1.